The first-order chi connectivity index (χ1) is 9.79. The number of carbonyl (C=O) groups is 2. The van der Waals surface area contributed by atoms with Crippen LogP contribution in [0.25, 0.3) is 0 Å². The monoisotopic (exact) mass is 293 g/mol. The quantitative estimate of drug-likeness (QED) is 0.810. The van der Waals surface area contributed by atoms with E-state index in [1.807, 2.05) is 18.2 Å². The molecule has 0 heterocycles. The summed E-state index contributed by atoms with van der Waals surface area (Å²) < 4.78 is 5.04. The summed E-state index contributed by atoms with van der Waals surface area (Å²) >= 11 is 0. The minimum absolute atomic E-state index is 0.0610. The van der Waals surface area contributed by atoms with Crippen molar-refractivity contribution >= 4 is 17.6 Å². The van der Waals surface area contributed by atoms with Gasteiger partial charge >= 0.3 is 5.97 Å². The highest BCUT2D eigenvalue weighted by Gasteiger charge is 2.38. The Morgan fingerprint density at radius 2 is 2.05 bits per heavy atom. The van der Waals surface area contributed by atoms with Gasteiger partial charge in [-0.2, -0.15) is 0 Å². The Kier molecular flexibility index (Phi) is 5.90. The summed E-state index contributed by atoms with van der Waals surface area (Å²) in [5, 5.41) is 12.1. The van der Waals surface area contributed by atoms with Crippen LogP contribution in [-0.2, 0) is 20.9 Å². The third-order valence-electron chi connectivity index (χ3n) is 3.81. The zero-order chi connectivity index (χ0) is 16.0. The lowest BCUT2D eigenvalue weighted by Gasteiger charge is -2.28. The zero-order valence-corrected chi connectivity index (χ0v) is 13.0. The standard InChI is InChI=1S/C16H23NO4/c1-11(2)16(3,15(19)20)9-14(18)17-13-7-5-6-12(8-13)10-21-4/h5-8,11H,9-10H2,1-4H3,(H,17,18)(H,19,20). The number of hydrogen-bond donors (Lipinski definition) is 2. The molecule has 0 radical (unpaired) electrons. The maximum Gasteiger partial charge on any atom is 0.310 e. The molecule has 0 aliphatic carbocycles. The van der Waals surface area contributed by atoms with Crippen molar-refractivity contribution in [2.75, 3.05) is 12.4 Å². The van der Waals surface area contributed by atoms with Gasteiger partial charge in [-0.3, -0.25) is 9.59 Å². The van der Waals surface area contributed by atoms with E-state index < -0.39 is 11.4 Å². The Hall–Kier alpha value is -1.88. The van der Waals surface area contributed by atoms with Crippen molar-refractivity contribution in [2.45, 2.75) is 33.8 Å². The van der Waals surface area contributed by atoms with E-state index in [4.69, 9.17) is 4.74 Å². The van der Waals surface area contributed by atoms with E-state index in [0.29, 0.717) is 12.3 Å². The van der Waals surface area contributed by atoms with Crippen LogP contribution < -0.4 is 5.32 Å². The van der Waals surface area contributed by atoms with Gasteiger partial charge in [0.1, 0.15) is 0 Å². The molecule has 116 valence electrons. The van der Waals surface area contributed by atoms with Crippen LogP contribution in [0.1, 0.15) is 32.8 Å². The minimum atomic E-state index is -1.08. The number of ether oxygens (including phenoxy) is 1. The summed E-state index contributed by atoms with van der Waals surface area (Å²) in [7, 11) is 1.60. The van der Waals surface area contributed by atoms with Crippen molar-refractivity contribution in [3.8, 4) is 0 Å². The first-order valence-electron chi connectivity index (χ1n) is 6.90. The molecule has 5 nitrogen and oxygen atoms in total. The van der Waals surface area contributed by atoms with Crippen LogP contribution in [0.2, 0.25) is 0 Å². The molecule has 0 aliphatic rings. The molecule has 0 aliphatic heterocycles. The fourth-order valence-electron chi connectivity index (χ4n) is 1.97. The third kappa shape index (κ3) is 4.56. The molecular weight excluding hydrogens is 270 g/mol. The predicted molar refractivity (Wildman–Crippen MR) is 81.0 cm³/mol. The van der Waals surface area contributed by atoms with Gasteiger partial charge in [0, 0.05) is 19.2 Å². The zero-order valence-electron chi connectivity index (χ0n) is 13.0. The Labute approximate surface area is 125 Å². The highest BCUT2D eigenvalue weighted by Crippen LogP contribution is 2.31. The Morgan fingerprint density at radius 1 is 1.38 bits per heavy atom. The molecule has 1 aromatic rings. The lowest BCUT2D eigenvalue weighted by Crippen LogP contribution is -2.37. The van der Waals surface area contributed by atoms with E-state index in [1.165, 1.54) is 0 Å². The number of hydrogen-bond acceptors (Lipinski definition) is 3. The number of benzene rings is 1. The maximum atomic E-state index is 12.1. The number of anilines is 1. The van der Waals surface area contributed by atoms with Crippen LogP contribution in [0.4, 0.5) is 5.69 Å². The maximum absolute atomic E-state index is 12.1. The van der Waals surface area contributed by atoms with Gasteiger partial charge in [0.2, 0.25) is 5.91 Å². The van der Waals surface area contributed by atoms with E-state index >= 15 is 0 Å². The molecular formula is C16H23NO4. The number of methoxy groups -OCH3 is 1. The minimum Gasteiger partial charge on any atom is -0.481 e. The van der Waals surface area contributed by atoms with Crippen LogP contribution in [-0.4, -0.2) is 24.1 Å². The van der Waals surface area contributed by atoms with Gasteiger partial charge in [-0.05, 0) is 30.5 Å². The first-order valence-corrected chi connectivity index (χ1v) is 6.90. The molecule has 0 fully saturated rings. The molecule has 0 spiro atoms. The van der Waals surface area contributed by atoms with Gasteiger partial charge in [0.05, 0.1) is 12.0 Å². The largest absolute Gasteiger partial charge is 0.481 e. The normalized spacial score (nSPS) is 13.8. The second kappa shape index (κ2) is 7.22. The second-order valence-electron chi connectivity index (χ2n) is 5.74. The van der Waals surface area contributed by atoms with Gasteiger partial charge in [0.15, 0.2) is 0 Å². The highest BCUT2D eigenvalue weighted by atomic mass is 16.5. The van der Waals surface area contributed by atoms with Gasteiger partial charge in [0.25, 0.3) is 0 Å². The van der Waals surface area contributed by atoms with Crippen molar-refractivity contribution in [2.24, 2.45) is 11.3 Å². The van der Waals surface area contributed by atoms with Crippen molar-refractivity contribution < 1.29 is 19.4 Å². The van der Waals surface area contributed by atoms with Crippen LogP contribution in [0, 0.1) is 11.3 Å². The number of rotatable bonds is 7. The van der Waals surface area contributed by atoms with Gasteiger partial charge < -0.3 is 15.2 Å². The second-order valence-corrected chi connectivity index (χ2v) is 5.74. The molecule has 2 N–H and O–H groups in total. The molecule has 5 heteroatoms. The summed E-state index contributed by atoms with van der Waals surface area (Å²) in [6.45, 7) is 5.67. The fourth-order valence-corrected chi connectivity index (χ4v) is 1.97. The molecule has 1 amide bonds. The average Bonchev–Trinajstić information content (AvgIpc) is 2.38. The van der Waals surface area contributed by atoms with Crippen LogP contribution >= 0.6 is 0 Å². The number of carboxylic acids is 1. The lowest BCUT2D eigenvalue weighted by atomic mass is 9.76. The Bertz CT molecular complexity index is 513. The van der Waals surface area contributed by atoms with E-state index in [2.05, 4.69) is 5.32 Å². The van der Waals surface area contributed by atoms with Crippen LogP contribution in [0.3, 0.4) is 0 Å². The van der Waals surface area contributed by atoms with Crippen molar-refractivity contribution in [1.82, 2.24) is 0 Å². The summed E-state index contributed by atoms with van der Waals surface area (Å²) in [4.78, 5) is 23.5. The summed E-state index contributed by atoms with van der Waals surface area (Å²) in [5.41, 5.74) is 0.514. The smallest absolute Gasteiger partial charge is 0.310 e. The molecule has 0 saturated heterocycles. The van der Waals surface area contributed by atoms with E-state index in [-0.39, 0.29) is 18.2 Å². The summed E-state index contributed by atoms with van der Waals surface area (Å²) in [5.74, 6) is -1.40. The Morgan fingerprint density at radius 3 is 2.57 bits per heavy atom. The molecule has 1 aromatic carbocycles. The topological polar surface area (TPSA) is 75.6 Å². The fraction of sp³-hybridized carbons (Fsp3) is 0.500. The molecule has 0 bridgehead atoms. The molecule has 0 aromatic heterocycles. The number of nitrogens with one attached hydrogen (secondary N) is 1. The number of carboxylic acid groups (broad SMARTS) is 1. The molecule has 1 unspecified atom stereocenters. The van der Waals surface area contributed by atoms with Crippen molar-refractivity contribution in [3.05, 3.63) is 29.8 Å². The number of aliphatic carboxylic acids is 1. The summed E-state index contributed by atoms with van der Waals surface area (Å²) in [6, 6.07) is 7.30. The van der Waals surface area contributed by atoms with Crippen molar-refractivity contribution in [3.63, 3.8) is 0 Å². The van der Waals surface area contributed by atoms with Gasteiger partial charge in [-0.1, -0.05) is 26.0 Å². The van der Waals surface area contributed by atoms with E-state index in [0.717, 1.165) is 5.56 Å². The third-order valence-corrected chi connectivity index (χ3v) is 3.81. The first kappa shape index (κ1) is 17.2. The predicted octanol–water partition coefficient (Wildman–Crippen LogP) is 2.91. The van der Waals surface area contributed by atoms with Crippen molar-refractivity contribution in [1.29, 1.82) is 0 Å². The van der Waals surface area contributed by atoms with Crippen LogP contribution in [0.15, 0.2) is 24.3 Å². The van der Waals surface area contributed by atoms with E-state index in [9.17, 15) is 14.7 Å². The lowest BCUT2D eigenvalue weighted by molar-refractivity contribution is -0.153. The number of amides is 1. The average molecular weight is 293 g/mol. The summed E-state index contributed by atoms with van der Waals surface area (Å²) in [6.07, 6.45) is -0.0610. The van der Waals surface area contributed by atoms with Crippen LogP contribution in [0.5, 0.6) is 0 Å². The van der Waals surface area contributed by atoms with Gasteiger partial charge in [-0.25, -0.2) is 0 Å². The molecule has 21 heavy (non-hydrogen) atoms. The molecule has 0 saturated carbocycles. The molecule has 1 atom stereocenters. The van der Waals surface area contributed by atoms with Gasteiger partial charge in [-0.15, -0.1) is 0 Å². The van der Waals surface area contributed by atoms with E-state index in [1.54, 1.807) is 33.9 Å². The SMILES string of the molecule is COCc1cccc(NC(=O)CC(C)(C(=O)O)C(C)C)c1. The Balaban J connectivity index is 2.77. The highest BCUT2D eigenvalue weighted by molar-refractivity contribution is 5.94. The molecule has 1 rings (SSSR count). The number of carbonyl (C=O) groups excluding carboxylic acids is 1.